The number of aromatic nitrogens is 3. The maximum absolute atomic E-state index is 11.2. The maximum Gasteiger partial charge on any atom is 0.239 e. The molecular formula is C21H15N5O3. The van der Waals surface area contributed by atoms with E-state index in [2.05, 4.69) is 20.8 Å². The first kappa shape index (κ1) is 18.0. The van der Waals surface area contributed by atoms with Crippen molar-refractivity contribution in [1.82, 2.24) is 10.3 Å². The van der Waals surface area contributed by atoms with Crippen LogP contribution in [0.5, 0.6) is 11.7 Å². The van der Waals surface area contributed by atoms with Gasteiger partial charge in [-0.1, -0.05) is 12.1 Å². The molecule has 8 heteroatoms. The van der Waals surface area contributed by atoms with Crippen molar-refractivity contribution < 1.29 is 19.0 Å². The summed E-state index contributed by atoms with van der Waals surface area (Å²) < 4.78 is 11.1. The zero-order valence-corrected chi connectivity index (χ0v) is 15.4. The lowest BCUT2D eigenvalue weighted by Crippen LogP contribution is -2.31. The van der Waals surface area contributed by atoms with Crippen molar-refractivity contribution in [2.45, 2.75) is 0 Å². The molecule has 0 saturated heterocycles. The Kier molecular flexibility index (Phi) is 4.55. The number of ether oxygens (including phenoxy) is 1. The second kappa shape index (κ2) is 7.32. The van der Waals surface area contributed by atoms with Crippen LogP contribution in [0.2, 0.25) is 0 Å². The fourth-order valence-electron chi connectivity index (χ4n) is 2.97. The van der Waals surface area contributed by atoms with E-state index in [4.69, 9.17) is 10.5 Å². The summed E-state index contributed by atoms with van der Waals surface area (Å²) in [6.45, 7) is 0. The minimum absolute atomic E-state index is 0.154. The first-order chi connectivity index (χ1) is 14.1. The van der Waals surface area contributed by atoms with Crippen LogP contribution in [-0.2, 0) is 0 Å². The highest BCUT2D eigenvalue weighted by atomic mass is 16.6. The molecular weight excluding hydrogens is 370 g/mol. The van der Waals surface area contributed by atoms with Crippen molar-refractivity contribution in [2.75, 3.05) is 12.8 Å². The quantitative estimate of drug-likeness (QED) is 0.534. The fourth-order valence-corrected chi connectivity index (χ4v) is 2.97. The molecule has 0 aliphatic rings. The molecule has 2 aromatic carbocycles. The number of nitriles is 1. The van der Waals surface area contributed by atoms with Crippen LogP contribution in [0.15, 0.2) is 65.3 Å². The summed E-state index contributed by atoms with van der Waals surface area (Å²) in [5.74, 6) is 0.346. The molecule has 0 aliphatic heterocycles. The lowest BCUT2D eigenvalue weighted by Gasteiger charge is -2.11. The number of rotatable bonds is 4. The average molecular weight is 385 g/mol. The van der Waals surface area contributed by atoms with Gasteiger partial charge in [0.2, 0.25) is 11.9 Å². The first-order valence-electron chi connectivity index (χ1n) is 8.60. The number of nitrogens with two attached hydrogens (primary N) is 1. The Balaban J connectivity index is 1.76. The summed E-state index contributed by atoms with van der Waals surface area (Å²) in [6.07, 6.45) is 1.24. The second-order valence-corrected chi connectivity index (χ2v) is 6.17. The molecule has 142 valence electrons. The van der Waals surface area contributed by atoms with Crippen LogP contribution in [0, 0.1) is 11.3 Å². The van der Waals surface area contributed by atoms with E-state index in [-0.39, 0.29) is 5.82 Å². The average Bonchev–Trinajstić information content (AvgIpc) is 3.19. The van der Waals surface area contributed by atoms with Gasteiger partial charge in [-0.15, -0.1) is 0 Å². The molecule has 0 aliphatic carbocycles. The van der Waals surface area contributed by atoms with Gasteiger partial charge in [-0.2, -0.15) is 5.26 Å². The smallest absolute Gasteiger partial charge is 0.239 e. The predicted molar refractivity (Wildman–Crippen MR) is 102 cm³/mol. The SMILES string of the molecule is COc1ccc(-c2cc(-c3ccc(-[n+]4cc([O-])on4)cc3)nc(N)c2C#N)cc1. The van der Waals surface area contributed by atoms with E-state index in [1.54, 1.807) is 19.2 Å². The summed E-state index contributed by atoms with van der Waals surface area (Å²) in [7, 11) is 1.59. The summed E-state index contributed by atoms with van der Waals surface area (Å²) in [6, 6.07) is 18.5. The first-order valence-corrected chi connectivity index (χ1v) is 8.60. The number of nitrogens with zero attached hydrogens (tertiary/aromatic N) is 4. The maximum atomic E-state index is 11.2. The molecule has 0 spiro atoms. The van der Waals surface area contributed by atoms with Crippen molar-refractivity contribution in [1.29, 1.82) is 5.26 Å². The molecule has 0 amide bonds. The summed E-state index contributed by atoms with van der Waals surface area (Å²) in [4.78, 5) is 4.38. The Morgan fingerprint density at radius 2 is 1.79 bits per heavy atom. The van der Waals surface area contributed by atoms with Gasteiger partial charge in [-0.05, 0) is 40.6 Å². The minimum Gasteiger partial charge on any atom is -0.539 e. The monoisotopic (exact) mass is 385 g/mol. The number of benzene rings is 2. The van der Waals surface area contributed by atoms with Gasteiger partial charge in [0.05, 0.1) is 18.1 Å². The molecule has 8 nitrogen and oxygen atoms in total. The van der Waals surface area contributed by atoms with Gasteiger partial charge in [-0.25, -0.2) is 4.98 Å². The third-order valence-corrected chi connectivity index (χ3v) is 4.43. The van der Waals surface area contributed by atoms with Gasteiger partial charge in [0, 0.05) is 23.3 Å². The molecule has 0 radical (unpaired) electrons. The molecule has 2 heterocycles. The van der Waals surface area contributed by atoms with Gasteiger partial charge >= 0.3 is 0 Å². The summed E-state index contributed by atoms with van der Waals surface area (Å²) in [5.41, 5.74) is 9.98. The predicted octanol–water partition coefficient (Wildman–Crippen LogP) is 2.22. The lowest BCUT2D eigenvalue weighted by molar-refractivity contribution is -0.670. The molecule has 0 saturated carbocycles. The summed E-state index contributed by atoms with van der Waals surface area (Å²) >= 11 is 0. The Labute approximate surface area is 166 Å². The third kappa shape index (κ3) is 3.44. The van der Waals surface area contributed by atoms with Gasteiger partial charge in [-0.3, -0.25) is 0 Å². The molecule has 0 bridgehead atoms. The number of hydrogen-bond donors (Lipinski definition) is 1. The van der Waals surface area contributed by atoms with E-state index in [0.717, 1.165) is 16.9 Å². The molecule has 2 aromatic heterocycles. The highest BCUT2D eigenvalue weighted by Gasteiger charge is 2.15. The zero-order chi connectivity index (χ0) is 20.4. The van der Waals surface area contributed by atoms with Crippen LogP contribution in [0.4, 0.5) is 5.82 Å². The highest BCUT2D eigenvalue weighted by Crippen LogP contribution is 2.32. The number of methoxy groups -OCH3 is 1. The molecule has 29 heavy (non-hydrogen) atoms. The van der Waals surface area contributed by atoms with Crippen molar-refractivity contribution >= 4 is 5.82 Å². The summed E-state index contributed by atoms with van der Waals surface area (Å²) in [5, 5.41) is 24.3. The van der Waals surface area contributed by atoms with Crippen LogP contribution < -0.4 is 20.3 Å². The van der Waals surface area contributed by atoms with Crippen LogP contribution in [0.25, 0.3) is 28.1 Å². The van der Waals surface area contributed by atoms with Crippen molar-refractivity contribution in [3.63, 3.8) is 0 Å². The highest BCUT2D eigenvalue weighted by molar-refractivity contribution is 5.80. The van der Waals surface area contributed by atoms with Gasteiger partial charge in [0.1, 0.15) is 29.1 Å². The standard InChI is InChI=1S/C21H15N5O3/c1-28-16-8-4-13(5-9-16)17-10-19(24-21(23)18(17)11-22)14-2-6-15(7-3-14)26-12-20(27)29-25-26/h2-10,12H,1H3,(H2-,23,24,25,27). The molecule has 4 rings (SSSR count). The Bertz CT molecular complexity index is 1210. The molecule has 0 atom stereocenters. The minimum atomic E-state index is -0.528. The number of nitrogen functional groups attached to an aromatic ring is 1. The van der Waals surface area contributed by atoms with E-state index in [9.17, 15) is 10.4 Å². The Hall–Kier alpha value is -4.38. The number of pyridine rings is 1. The van der Waals surface area contributed by atoms with Crippen LogP contribution in [0.3, 0.4) is 0 Å². The molecule has 0 fully saturated rings. The van der Waals surface area contributed by atoms with E-state index in [1.165, 1.54) is 10.9 Å². The molecule has 4 aromatic rings. The van der Waals surface area contributed by atoms with Crippen LogP contribution in [-0.4, -0.2) is 17.4 Å². The fraction of sp³-hybridized carbons (Fsp3) is 0.0476. The number of anilines is 1. The Morgan fingerprint density at radius 1 is 1.10 bits per heavy atom. The number of hydrogen-bond acceptors (Lipinski definition) is 7. The van der Waals surface area contributed by atoms with Crippen LogP contribution in [0.1, 0.15) is 5.56 Å². The zero-order valence-electron chi connectivity index (χ0n) is 15.4. The van der Waals surface area contributed by atoms with Crippen LogP contribution >= 0.6 is 0 Å². The lowest BCUT2D eigenvalue weighted by atomic mass is 9.98. The van der Waals surface area contributed by atoms with Crippen molar-refractivity contribution in [2.24, 2.45) is 0 Å². The van der Waals surface area contributed by atoms with E-state index >= 15 is 0 Å². The van der Waals surface area contributed by atoms with Gasteiger partial charge in [0.15, 0.2) is 0 Å². The van der Waals surface area contributed by atoms with Gasteiger partial charge in [0.25, 0.3) is 0 Å². The second-order valence-electron chi connectivity index (χ2n) is 6.17. The topological polar surface area (TPSA) is 125 Å². The third-order valence-electron chi connectivity index (χ3n) is 4.43. The van der Waals surface area contributed by atoms with Crippen molar-refractivity contribution in [3.05, 3.63) is 66.4 Å². The van der Waals surface area contributed by atoms with Crippen molar-refractivity contribution in [3.8, 4) is 45.8 Å². The largest absolute Gasteiger partial charge is 0.539 e. The Morgan fingerprint density at radius 3 is 2.38 bits per heavy atom. The molecule has 0 unspecified atom stereocenters. The van der Waals surface area contributed by atoms with E-state index in [0.29, 0.717) is 22.5 Å². The van der Waals surface area contributed by atoms with E-state index < -0.39 is 5.95 Å². The van der Waals surface area contributed by atoms with E-state index in [1.807, 2.05) is 42.5 Å². The molecule has 2 N–H and O–H groups in total. The normalized spacial score (nSPS) is 10.5. The van der Waals surface area contributed by atoms with Gasteiger partial charge < -0.3 is 20.1 Å².